The van der Waals surface area contributed by atoms with Gasteiger partial charge < -0.3 is 14.8 Å². The van der Waals surface area contributed by atoms with Gasteiger partial charge in [-0.1, -0.05) is 48.5 Å². The third-order valence-electron chi connectivity index (χ3n) is 5.62. The summed E-state index contributed by atoms with van der Waals surface area (Å²) < 4.78 is 11.6. The maximum absolute atomic E-state index is 12.7. The molecular formula is C27H23N3O3. The Bertz CT molecular complexity index is 1280. The minimum atomic E-state index is -0.443. The van der Waals surface area contributed by atoms with Crippen molar-refractivity contribution in [2.75, 3.05) is 13.2 Å². The van der Waals surface area contributed by atoms with Gasteiger partial charge in [0.15, 0.2) is 0 Å². The maximum atomic E-state index is 12.7. The predicted molar refractivity (Wildman–Crippen MR) is 125 cm³/mol. The zero-order chi connectivity index (χ0) is 23.0. The highest BCUT2D eigenvalue weighted by Gasteiger charge is 2.18. The highest BCUT2D eigenvalue weighted by molar-refractivity contribution is 6.05. The van der Waals surface area contributed by atoms with Gasteiger partial charge in [0, 0.05) is 24.3 Å². The molecule has 0 radical (unpaired) electrons. The zero-order valence-corrected chi connectivity index (χ0v) is 18.1. The van der Waals surface area contributed by atoms with Crippen LogP contribution in [0.2, 0.25) is 0 Å². The van der Waals surface area contributed by atoms with E-state index < -0.39 is 5.91 Å². The van der Waals surface area contributed by atoms with Crippen molar-refractivity contribution in [2.24, 2.45) is 0 Å². The quantitative estimate of drug-likeness (QED) is 0.434. The van der Waals surface area contributed by atoms with Crippen LogP contribution in [0.3, 0.4) is 0 Å². The van der Waals surface area contributed by atoms with Crippen molar-refractivity contribution in [3.8, 4) is 17.9 Å². The van der Waals surface area contributed by atoms with Crippen molar-refractivity contribution >= 4 is 22.8 Å². The number of carbonyl (C=O) groups is 1. The van der Waals surface area contributed by atoms with E-state index in [2.05, 4.69) is 11.4 Å². The number of nitrogens with zero attached hydrogens (tertiary/aromatic N) is 2. The molecule has 0 aromatic heterocycles. The van der Waals surface area contributed by atoms with Crippen molar-refractivity contribution in [1.29, 1.82) is 10.5 Å². The normalized spacial score (nSPS) is 15.6. The molecule has 0 aliphatic carbocycles. The van der Waals surface area contributed by atoms with Gasteiger partial charge in [-0.2, -0.15) is 10.5 Å². The lowest BCUT2D eigenvalue weighted by Gasteiger charge is -2.14. The number of ether oxygens (including phenoxy) is 2. The largest absolute Gasteiger partial charge is 0.488 e. The highest BCUT2D eigenvalue weighted by atomic mass is 16.5. The Kier molecular flexibility index (Phi) is 6.99. The van der Waals surface area contributed by atoms with Gasteiger partial charge in [-0.25, -0.2) is 0 Å². The standard InChI is InChI=1S/C27H23N3O3/c28-15-20-7-1-2-8-21(20)18-33-26-12-11-19-6-3-4-10-24(19)25(26)14-22(16-29)27(31)30-17-23-9-5-13-32-23/h1-4,6-8,10-12,14,23H,5,9,13,17-18H2,(H,30,31)/b22-14+. The number of fused-ring (bicyclic) bond motifs is 1. The highest BCUT2D eigenvalue weighted by Crippen LogP contribution is 2.31. The average Bonchev–Trinajstić information content (AvgIpc) is 3.38. The number of benzene rings is 3. The fourth-order valence-electron chi connectivity index (χ4n) is 3.86. The summed E-state index contributed by atoms with van der Waals surface area (Å²) in [5, 5.41) is 23.7. The van der Waals surface area contributed by atoms with E-state index in [1.54, 1.807) is 18.2 Å². The Morgan fingerprint density at radius 2 is 1.94 bits per heavy atom. The number of nitrogens with one attached hydrogen (secondary N) is 1. The van der Waals surface area contributed by atoms with Gasteiger partial charge in [-0.3, -0.25) is 4.79 Å². The van der Waals surface area contributed by atoms with Crippen LogP contribution in [-0.2, 0) is 16.1 Å². The molecule has 4 rings (SSSR count). The van der Waals surface area contributed by atoms with Gasteiger partial charge in [-0.05, 0) is 41.8 Å². The maximum Gasteiger partial charge on any atom is 0.262 e. The number of hydrogen-bond acceptors (Lipinski definition) is 5. The van der Waals surface area contributed by atoms with E-state index in [0.717, 1.165) is 29.2 Å². The van der Waals surface area contributed by atoms with Crippen LogP contribution in [0.1, 0.15) is 29.5 Å². The fourth-order valence-corrected chi connectivity index (χ4v) is 3.86. The van der Waals surface area contributed by atoms with Gasteiger partial charge in [0.1, 0.15) is 24.0 Å². The van der Waals surface area contributed by atoms with Crippen LogP contribution in [0.4, 0.5) is 0 Å². The monoisotopic (exact) mass is 437 g/mol. The number of hydrogen-bond donors (Lipinski definition) is 1. The number of nitriles is 2. The third-order valence-corrected chi connectivity index (χ3v) is 5.62. The summed E-state index contributed by atoms with van der Waals surface area (Å²) in [5.41, 5.74) is 1.94. The molecule has 6 heteroatoms. The summed E-state index contributed by atoms with van der Waals surface area (Å²) in [7, 11) is 0. The van der Waals surface area contributed by atoms with Gasteiger partial charge in [0.25, 0.3) is 5.91 Å². The predicted octanol–water partition coefficient (Wildman–Crippen LogP) is 4.49. The number of amides is 1. The Balaban J connectivity index is 1.64. The lowest BCUT2D eigenvalue weighted by molar-refractivity contribution is -0.117. The molecule has 1 amide bonds. The molecule has 1 atom stereocenters. The second-order valence-electron chi connectivity index (χ2n) is 7.77. The van der Waals surface area contributed by atoms with E-state index in [4.69, 9.17) is 9.47 Å². The van der Waals surface area contributed by atoms with Gasteiger partial charge in [-0.15, -0.1) is 0 Å². The van der Waals surface area contributed by atoms with Crippen molar-refractivity contribution in [2.45, 2.75) is 25.6 Å². The second-order valence-corrected chi connectivity index (χ2v) is 7.77. The Morgan fingerprint density at radius 1 is 1.12 bits per heavy atom. The summed E-state index contributed by atoms with van der Waals surface area (Å²) in [6, 6.07) is 22.9. The molecule has 3 aromatic rings. The first kappa shape index (κ1) is 22.1. The van der Waals surface area contributed by atoms with Crippen LogP contribution in [0.5, 0.6) is 5.75 Å². The lowest BCUT2D eigenvalue weighted by atomic mass is 10.0. The SMILES string of the molecule is N#C/C(=C\c1c(OCc2ccccc2C#N)ccc2ccccc12)C(=O)NCC1CCCO1. The first-order valence-electron chi connectivity index (χ1n) is 10.8. The van der Waals surface area contributed by atoms with Crippen molar-refractivity contribution < 1.29 is 14.3 Å². The molecular weight excluding hydrogens is 414 g/mol. The van der Waals surface area contributed by atoms with E-state index in [1.165, 1.54) is 0 Å². The minimum absolute atomic E-state index is 0.00775. The van der Waals surface area contributed by atoms with Crippen LogP contribution in [0.15, 0.2) is 66.2 Å². The Labute approximate surface area is 192 Å². The molecule has 0 spiro atoms. The number of rotatable bonds is 7. The third kappa shape index (κ3) is 5.20. The molecule has 0 saturated carbocycles. The first-order chi connectivity index (χ1) is 16.2. The Morgan fingerprint density at radius 3 is 2.73 bits per heavy atom. The van der Waals surface area contributed by atoms with E-state index in [9.17, 15) is 15.3 Å². The lowest BCUT2D eigenvalue weighted by Crippen LogP contribution is -2.32. The summed E-state index contributed by atoms with van der Waals surface area (Å²) in [6.45, 7) is 1.27. The van der Waals surface area contributed by atoms with Crippen LogP contribution in [-0.4, -0.2) is 25.2 Å². The van der Waals surface area contributed by atoms with E-state index in [0.29, 0.717) is 30.0 Å². The van der Waals surface area contributed by atoms with E-state index in [-0.39, 0.29) is 18.3 Å². The molecule has 1 heterocycles. The minimum Gasteiger partial charge on any atom is -0.488 e. The van der Waals surface area contributed by atoms with Crippen LogP contribution >= 0.6 is 0 Å². The van der Waals surface area contributed by atoms with Crippen molar-refractivity contribution in [3.63, 3.8) is 0 Å². The van der Waals surface area contributed by atoms with Crippen molar-refractivity contribution in [3.05, 3.63) is 82.9 Å². The smallest absolute Gasteiger partial charge is 0.262 e. The second kappa shape index (κ2) is 10.5. The van der Waals surface area contributed by atoms with Crippen molar-refractivity contribution in [1.82, 2.24) is 5.32 Å². The topological polar surface area (TPSA) is 95.1 Å². The first-order valence-corrected chi connectivity index (χ1v) is 10.8. The van der Waals surface area contributed by atoms with Gasteiger partial charge >= 0.3 is 0 Å². The number of carbonyl (C=O) groups excluding carboxylic acids is 1. The van der Waals surface area contributed by atoms with Gasteiger partial charge in [0.05, 0.1) is 17.7 Å². The molecule has 6 nitrogen and oxygen atoms in total. The summed E-state index contributed by atoms with van der Waals surface area (Å²) >= 11 is 0. The van der Waals surface area contributed by atoms with Gasteiger partial charge in [0.2, 0.25) is 0 Å². The Hall–Kier alpha value is -4.13. The van der Waals surface area contributed by atoms with Crippen LogP contribution in [0.25, 0.3) is 16.8 Å². The fraction of sp³-hybridized carbons (Fsp3) is 0.222. The molecule has 1 saturated heterocycles. The molecule has 1 unspecified atom stereocenters. The van der Waals surface area contributed by atoms with Crippen LogP contribution < -0.4 is 10.1 Å². The molecule has 164 valence electrons. The van der Waals surface area contributed by atoms with E-state index in [1.807, 2.05) is 54.6 Å². The summed E-state index contributed by atoms with van der Waals surface area (Å²) in [5.74, 6) is 0.0860. The molecule has 33 heavy (non-hydrogen) atoms. The molecule has 1 N–H and O–H groups in total. The molecule has 1 aliphatic rings. The van der Waals surface area contributed by atoms with E-state index >= 15 is 0 Å². The average molecular weight is 437 g/mol. The molecule has 1 aliphatic heterocycles. The summed E-state index contributed by atoms with van der Waals surface area (Å²) in [6.07, 6.45) is 3.44. The molecule has 1 fully saturated rings. The molecule has 3 aromatic carbocycles. The van der Waals surface area contributed by atoms with Crippen LogP contribution in [0, 0.1) is 22.7 Å². The zero-order valence-electron chi connectivity index (χ0n) is 18.1. The molecule has 0 bridgehead atoms. The summed E-state index contributed by atoms with van der Waals surface area (Å²) in [4.78, 5) is 12.7.